The quantitative estimate of drug-likeness (QED) is 0.607. The fourth-order valence-corrected chi connectivity index (χ4v) is 2.76. The summed E-state index contributed by atoms with van der Waals surface area (Å²) in [5.41, 5.74) is 3.38. The molecule has 0 saturated carbocycles. The lowest BCUT2D eigenvalue weighted by Gasteiger charge is -2.13. The van der Waals surface area contributed by atoms with E-state index in [0.717, 1.165) is 11.3 Å². The molecule has 3 rings (SSSR count). The lowest BCUT2D eigenvalue weighted by Crippen LogP contribution is -2.13. The first-order valence-corrected chi connectivity index (χ1v) is 9.15. The molecule has 2 N–H and O–H groups in total. The standard InChI is InChI=1S/C22H22N4O3/c1-14(2)18-6-4-5-7-19(18)26-22-23-12-16(13-24-22)20(27)25-17-10-8-15(9-11-17)21(28)29-3/h4-14H,1-3H3,(H,25,27)(H,23,24,26). The maximum Gasteiger partial charge on any atom is 0.337 e. The molecule has 7 nitrogen and oxygen atoms in total. The third-order valence-electron chi connectivity index (χ3n) is 4.31. The average Bonchev–Trinajstić information content (AvgIpc) is 2.74. The molecule has 0 spiro atoms. The molecule has 7 heteroatoms. The zero-order valence-electron chi connectivity index (χ0n) is 16.5. The number of ether oxygens (including phenoxy) is 1. The molecular formula is C22H22N4O3. The molecule has 1 amide bonds. The molecule has 3 aromatic rings. The summed E-state index contributed by atoms with van der Waals surface area (Å²) in [4.78, 5) is 32.3. The Labute approximate surface area is 169 Å². The number of aromatic nitrogens is 2. The first-order chi connectivity index (χ1) is 14.0. The van der Waals surface area contributed by atoms with Crippen LogP contribution >= 0.6 is 0 Å². The van der Waals surface area contributed by atoms with Crippen molar-refractivity contribution in [1.29, 1.82) is 0 Å². The molecule has 0 fully saturated rings. The molecule has 2 aromatic carbocycles. The lowest BCUT2D eigenvalue weighted by atomic mass is 10.0. The van der Waals surface area contributed by atoms with E-state index in [9.17, 15) is 9.59 Å². The molecule has 148 valence electrons. The Hall–Kier alpha value is -3.74. The van der Waals surface area contributed by atoms with Gasteiger partial charge in [-0.3, -0.25) is 4.79 Å². The van der Waals surface area contributed by atoms with Crippen LogP contribution in [0.25, 0.3) is 0 Å². The summed E-state index contributed by atoms with van der Waals surface area (Å²) in [5, 5.41) is 5.94. The summed E-state index contributed by atoms with van der Waals surface area (Å²) in [6.07, 6.45) is 2.93. The normalized spacial score (nSPS) is 10.5. The van der Waals surface area contributed by atoms with E-state index in [2.05, 4.69) is 45.3 Å². The van der Waals surface area contributed by atoms with Crippen LogP contribution < -0.4 is 10.6 Å². The number of esters is 1. The summed E-state index contributed by atoms with van der Waals surface area (Å²) < 4.78 is 4.65. The van der Waals surface area contributed by atoms with Crippen LogP contribution in [0.15, 0.2) is 60.9 Å². The van der Waals surface area contributed by atoms with Gasteiger partial charge in [0, 0.05) is 23.8 Å². The minimum atomic E-state index is -0.432. The first-order valence-electron chi connectivity index (χ1n) is 9.15. The minimum absolute atomic E-state index is 0.324. The van der Waals surface area contributed by atoms with Crippen molar-refractivity contribution < 1.29 is 14.3 Å². The molecule has 0 aliphatic heterocycles. The van der Waals surface area contributed by atoms with Crippen molar-refractivity contribution in [2.24, 2.45) is 0 Å². The number of methoxy groups -OCH3 is 1. The number of para-hydroxylation sites is 1. The van der Waals surface area contributed by atoms with E-state index in [1.807, 2.05) is 18.2 Å². The van der Waals surface area contributed by atoms with Crippen molar-refractivity contribution >= 4 is 29.2 Å². The second kappa shape index (κ2) is 8.97. The highest BCUT2D eigenvalue weighted by Crippen LogP contribution is 2.25. The molecule has 0 saturated heterocycles. The van der Waals surface area contributed by atoms with Crippen LogP contribution in [0.1, 0.15) is 46.0 Å². The van der Waals surface area contributed by atoms with Gasteiger partial charge in [0.15, 0.2) is 0 Å². The lowest BCUT2D eigenvalue weighted by molar-refractivity contribution is 0.0600. The fraction of sp³-hybridized carbons (Fsp3) is 0.182. The summed E-state index contributed by atoms with van der Waals surface area (Å²) in [5.74, 6) is -0.00485. The smallest absolute Gasteiger partial charge is 0.337 e. The van der Waals surface area contributed by atoms with E-state index in [1.54, 1.807) is 24.3 Å². The van der Waals surface area contributed by atoms with E-state index < -0.39 is 5.97 Å². The van der Waals surface area contributed by atoms with Gasteiger partial charge in [0.1, 0.15) is 0 Å². The Bertz CT molecular complexity index is 999. The van der Waals surface area contributed by atoms with Crippen molar-refractivity contribution in [3.8, 4) is 0 Å². The number of hydrogen-bond acceptors (Lipinski definition) is 6. The summed E-state index contributed by atoms with van der Waals surface area (Å²) in [7, 11) is 1.32. The number of benzene rings is 2. The zero-order chi connectivity index (χ0) is 20.8. The van der Waals surface area contributed by atoms with Gasteiger partial charge in [0.05, 0.1) is 18.2 Å². The maximum absolute atomic E-state index is 12.4. The monoisotopic (exact) mass is 390 g/mol. The van der Waals surface area contributed by atoms with Gasteiger partial charge in [0.2, 0.25) is 5.95 Å². The van der Waals surface area contributed by atoms with Crippen molar-refractivity contribution in [2.45, 2.75) is 19.8 Å². The number of nitrogens with zero attached hydrogens (tertiary/aromatic N) is 2. The second-order valence-corrected chi connectivity index (χ2v) is 6.69. The molecule has 0 aliphatic rings. The van der Waals surface area contributed by atoms with E-state index >= 15 is 0 Å². The number of amides is 1. The number of rotatable bonds is 6. The third-order valence-corrected chi connectivity index (χ3v) is 4.31. The Kier molecular flexibility index (Phi) is 6.19. The Morgan fingerprint density at radius 2 is 1.59 bits per heavy atom. The molecular weight excluding hydrogens is 368 g/mol. The molecule has 1 aromatic heterocycles. The van der Waals surface area contributed by atoms with E-state index in [4.69, 9.17) is 0 Å². The summed E-state index contributed by atoms with van der Waals surface area (Å²) >= 11 is 0. The Morgan fingerprint density at radius 1 is 0.931 bits per heavy atom. The minimum Gasteiger partial charge on any atom is -0.465 e. The zero-order valence-corrected chi connectivity index (χ0v) is 16.5. The molecule has 0 unspecified atom stereocenters. The fourth-order valence-electron chi connectivity index (χ4n) is 2.76. The first kappa shape index (κ1) is 20.0. The molecule has 1 heterocycles. The number of anilines is 3. The van der Waals surface area contributed by atoms with Crippen LogP contribution in [-0.2, 0) is 4.74 Å². The molecule has 0 bridgehead atoms. The van der Waals surface area contributed by atoms with Gasteiger partial charge in [-0.2, -0.15) is 0 Å². The van der Waals surface area contributed by atoms with Crippen molar-refractivity contribution in [3.05, 3.63) is 77.6 Å². The Morgan fingerprint density at radius 3 is 2.21 bits per heavy atom. The topological polar surface area (TPSA) is 93.2 Å². The highest BCUT2D eigenvalue weighted by Gasteiger charge is 2.11. The summed E-state index contributed by atoms with van der Waals surface area (Å²) in [6, 6.07) is 14.4. The van der Waals surface area contributed by atoms with Crippen LogP contribution in [0.2, 0.25) is 0 Å². The second-order valence-electron chi connectivity index (χ2n) is 6.69. The largest absolute Gasteiger partial charge is 0.465 e. The average molecular weight is 390 g/mol. The molecule has 0 radical (unpaired) electrons. The predicted octanol–water partition coefficient (Wildman–Crippen LogP) is 4.38. The number of hydrogen-bond donors (Lipinski definition) is 2. The van der Waals surface area contributed by atoms with E-state index in [-0.39, 0.29) is 5.91 Å². The van der Waals surface area contributed by atoms with Crippen LogP contribution in [0.3, 0.4) is 0 Å². The van der Waals surface area contributed by atoms with E-state index in [1.165, 1.54) is 19.5 Å². The van der Waals surface area contributed by atoms with Crippen LogP contribution in [0.4, 0.5) is 17.3 Å². The highest BCUT2D eigenvalue weighted by molar-refractivity contribution is 6.04. The number of nitrogens with one attached hydrogen (secondary N) is 2. The van der Waals surface area contributed by atoms with Gasteiger partial charge in [-0.1, -0.05) is 32.0 Å². The molecule has 0 aliphatic carbocycles. The van der Waals surface area contributed by atoms with Crippen molar-refractivity contribution in [1.82, 2.24) is 9.97 Å². The van der Waals surface area contributed by atoms with Gasteiger partial charge >= 0.3 is 5.97 Å². The molecule has 29 heavy (non-hydrogen) atoms. The van der Waals surface area contributed by atoms with Crippen LogP contribution in [0, 0.1) is 0 Å². The predicted molar refractivity (Wildman–Crippen MR) is 112 cm³/mol. The number of carbonyl (C=O) groups is 2. The van der Waals surface area contributed by atoms with Crippen molar-refractivity contribution in [2.75, 3.05) is 17.7 Å². The van der Waals surface area contributed by atoms with Crippen molar-refractivity contribution in [3.63, 3.8) is 0 Å². The highest BCUT2D eigenvalue weighted by atomic mass is 16.5. The van der Waals surface area contributed by atoms with Crippen LogP contribution in [0.5, 0.6) is 0 Å². The van der Waals surface area contributed by atoms with Crippen LogP contribution in [-0.4, -0.2) is 29.0 Å². The van der Waals surface area contributed by atoms with Gasteiger partial charge in [-0.15, -0.1) is 0 Å². The maximum atomic E-state index is 12.4. The van der Waals surface area contributed by atoms with Gasteiger partial charge < -0.3 is 15.4 Å². The van der Waals surface area contributed by atoms with Gasteiger partial charge in [0.25, 0.3) is 5.91 Å². The van der Waals surface area contributed by atoms with E-state index in [0.29, 0.717) is 28.7 Å². The molecule has 0 atom stereocenters. The summed E-state index contributed by atoms with van der Waals surface area (Å²) in [6.45, 7) is 4.24. The SMILES string of the molecule is COC(=O)c1ccc(NC(=O)c2cnc(Nc3ccccc3C(C)C)nc2)cc1. The Balaban J connectivity index is 1.67. The third kappa shape index (κ3) is 4.95. The van der Waals surface area contributed by atoms with Gasteiger partial charge in [-0.05, 0) is 41.8 Å². The number of carbonyl (C=O) groups excluding carboxylic acids is 2. The van der Waals surface area contributed by atoms with Gasteiger partial charge in [-0.25, -0.2) is 14.8 Å².